The van der Waals surface area contributed by atoms with E-state index in [2.05, 4.69) is 0 Å². The van der Waals surface area contributed by atoms with Crippen LogP contribution in [0.3, 0.4) is 0 Å². The first-order chi connectivity index (χ1) is 8.24. The molecule has 0 saturated carbocycles. The van der Waals surface area contributed by atoms with Gasteiger partial charge in [0.2, 0.25) is 0 Å². The maximum atomic E-state index is 9.95. The molecule has 17 heavy (non-hydrogen) atoms. The molecule has 0 bridgehead atoms. The second-order valence-corrected chi connectivity index (χ2v) is 4.10. The van der Waals surface area contributed by atoms with Gasteiger partial charge in [0, 0.05) is 18.2 Å². The van der Waals surface area contributed by atoms with Gasteiger partial charge in [0.1, 0.15) is 11.5 Å². The van der Waals surface area contributed by atoms with Crippen LogP contribution in [0.2, 0.25) is 0 Å². The predicted octanol–water partition coefficient (Wildman–Crippen LogP) is 0.830. The van der Waals surface area contributed by atoms with Crippen molar-refractivity contribution in [1.82, 2.24) is 0 Å². The number of benzene rings is 2. The van der Waals surface area contributed by atoms with E-state index in [4.69, 9.17) is 4.65 Å². The predicted molar refractivity (Wildman–Crippen MR) is 67.2 cm³/mol. The van der Waals surface area contributed by atoms with E-state index in [1.54, 1.807) is 31.4 Å². The van der Waals surface area contributed by atoms with Crippen LogP contribution in [-0.4, -0.2) is 24.2 Å². The zero-order valence-electron chi connectivity index (χ0n) is 9.34. The van der Waals surface area contributed by atoms with Gasteiger partial charge in [-0.15, -0.1) is 0 Å². The number of fused-ring (bicyclic) bond motifs is 3. The molecule has 0 unspecified atom stereocenters. The summed E-state index contributed by atoms with van der Waals surface area (Å²) in [4.78, 5) is 0. The summed E-state index contributed by atoms with van der Waals surface area (Å²) < 4.78 is 5.45. The third-order valence-corrected chi connectivity index (χ3v) is 3.20. The van der Waals surface area contributed by atoms with Crippen LogP contribution in [0.15, 0.2) is 36.4 Å². The fourth-order valence-electron chi connectivity index (χ4n) is 2.52. The van der Waals surface area contributed by atoms with Gasteiger partial charge in [-0.3, -0.25) is 0 Å². The lowest BCUT2D eigenvalue weighted by Gasteiger charge is -2.06. The zero-order valence-corrected chi connectivity index (χ0v) is 9.34. The van der Waals surface area contributed by atoms with E-state index in [9.17, 15) is 10.2 Å². The molecule has 1 heterocycles. The van der Waals surface area contributed by atoms with E-state index < -0.39 is 0 Å². The zero-order chi connectivity index (χ0) is 12.0. The van der Waals surface area contributed by atoms with Crippen molar-refractivity contribution < 1.29 is 14.9 Å². The number of hydrogen-bond donors (Lipinski definition) is 2. The summed E-state index contributed by atoms with van der Waals surface area (Å²) in [7, 11) is 1.62. The molecule has 1 aliphatic heterocycles. The molecule has 0 radical (unpaired) electrons. The second kappa shape index (κ2) is 3.53. The van der Waals surface area contributed by atoms with Crippen molar-refractivity contribution in [1.29, 1.82) is 0 Å². The molecule has 3 nitrogen and oxygen atoms in total. The summed E-state index contributed by atoms with van der Waals surface area (Å²) in [6.07, 6.45) is 0. The lowest BCUT2D eigenvalue weighted by molar-refractivity contribution is 0.439. The first kappa shape index (κ1) is 10.2. The van der Waals surface area contributed by atoms with Crippen molar-refractivity contribution >= 4 is 17.8 Å². The van der Waals surface area contributed by atoms with E-state index >= 15 is 0 Å². The molecule has 2 N–H and O–H groups in total. The molecule has 2 aromatic carbocycles. The molecule has 0 saturated heterocycles. The van der Waals surface area contributed by atoms with E-state index in [-0.39, 0.29) is 18.4 Å². The van der Waals surface area contributed by atoms with Crippen molar-refractivity contribution in [2.24, 2.45) is 0 Å². The van der Waals surface area contributed by atoms with Gasteiger partial charge in [-0.05, 0) is 23.1 Å². The minimum absolute atomic E-state index is 0.171. The van der Waals surface area contributed by atoms with Gasteiger partial charge in [0.15, 0.2) is 0 Å². The van der Waals surface area contributed by atoms with E-state index in [0.717, 1.165) is 10.9 Å². The average Bonchev–Trinajstić information content (AvgIpc) is 2.65. The fourth-order valence-corrected chi connectivity index (χ4v) is 2.52. The Bertz CT molecular complexity index is 544. The van der Waals surface area contributed by atoms with Crippen LogP contribution in [0.5, 0.6) is 11.5 Å². The van der Waals surface area contributed by atoms with Gasteiger partial charge in [-0.1, -0.05) is 24.3 Å². The maximum absolute atomic E-state index is 9.95. The van der Waals surface area contributed by atoms with Crippen LogP contribution >= 0.6 is 0 Å². The van der Waals surface area contributed by atoms with Crippen LogP contribution in [0.4, 0.5) is 0 Å². The minimum atomic E-state index is -0.223. The molecular formula is C13H11BO3. The van der Waals surface area contributed by atoms with Gasteiger partial charge < -0.3 is 14.9 Å². The number of phenols is 2. The Kier molecular flexibility index (Phi) is 2.13. The summed E-state index contributed by atoms with van der Waals surface area (Å²) in [6, 6.07) is 10.6. The van der Waals surface area contributed by atoms with Crippen molar-refractivity contribution in [3.63, 3.8) is 0 Å². The van der Waals surface area contributed by atoms with Crippen LogP contribution in [0.1, 0.15) is 0 Å². The van der Waals surface area contributed by atoms with Gasteiger partial charge in [0.05, 0.1) is 0 Å². The Labute approximate surface area is 99.4 Å². The molecule has 4 heteroatoms. The standard InChI is InChI=1S/C13H11BO3/c1-17-14-8-4-2-6-10(15)12(8)13-9(14)5-3-7-11(13)16/h2-7,15-16H,1H3. The summed E-state index contributed by atoms with van der Waals surface area (Å²) in [5.74, 6) is 0.342. The van der Waals surface area contributed by atoms with Gasteiger partial charge in [-0.25, -0.2) is 0 Å². The summed E-state index contributed by atoms with van der Waals surface area (Å²) >= 11 is 0. The highest BCUT2D eigenvalue weighted by molar-refractivity contribution is 6.85. The van der Waals surface area contributed by atoms with E-state index in [0.29, 0.717) is 11.1 Å². The molecule has 0 fully saturated rings. The van der Waals surface area contributed by atoms with Crippen LogP contribution < -0.4 is 10.9 Å². The van der Waals surface area contributed by atoms with E-state index in [1.165, 1.54) is 0 Å². The first-order valence-electron chi connectivity index (χ1n) is 5.41. The van der Waals surface area contributed by atoms with Crippen molar-refractivity contribution in [2.75, 3.05) is 7.11 Å². The lowest BCUT2D eigenvalue weighted by atomic mass is 9.59. The molecule has 84 valence electrons. The highest BCUT2D eigenvalue weighted by atomic mass is 16.4. The Morgan fingerprint density at radius 2 is 1.35 bits per heavy atom. The number of aromatic hydroxyl groups is 2. The average molecular weight is 226 g/mol. The molecule has 0 amide bonds. The van der Waals surface area contributed by atoms with Crippen molar-refractivity contribution in [2.45, 2.75) is 0 Å². The number of rotatable bonds is 1. The van der Waals surface area contributed by atoms with Crippen LogP contribution in [0, 0.1) is 0 Å². The highest BCUT2D eigenvalue weighted by Crippen LogP contribution is 2.36. The molecule has 0 aliphatic carbocycles. The van der Waals surface area contributed by atoms with Crippen LogP contribution in [-0.2, 0) is 4.65 Å². The van der Waals surface area contributed by atoms with Gasteiger partial charge in [0.25, 0.3) is 0 Å². The Morgan fingerprint density at radius 3 is 1.76 bits per heavy atom. The Hall–Kier alpha value is -1.94. The molecule has 0 spiro atoms. The largest absolute Gasteiger partial charge is 0.507 e. The highest BCUT2D eigenvalue weighted by Gasteiger charge is 2.36. The van der Waals surface area contributed by atoms with Crippen molar-refractivity contribution in [3.05, 3.63) is 36.4 Å². The lowest BCUT2D eigenvalue weighted by Crippen LogP contribution is -2.39. The molecule has 0 atom stereocenters. The molecule has 1 aliphatic rings. The SMILES string of the molecule is COB1c2cccc(O)c2-c2c(O)cccc21. The Balaban J connectivity index is 2.39. The van der Waals surface area contributed by atoms with Gasteiger partial charge >= 0.3 is 6.92 Å². The maximum Gasteiger partial charge on any atom is 0.362 e. The van der Waals surface area contributed by atoms with E-state index in [1.807, 2.05) is 12.1 Å². The third kappa shape index (κ3) is 1.28. The third-order valence-electron chi connectivity index (χ3n) is 3.20. The second-order valence-electron chi connectivity index (χ2n) is 4.10. The monoisotopic (exact) mass is 226 g/mol. The topological polar surface area (TPSA) is 49.7 Å². The minimum Gasteiger partial charge on any atom is -0.507 e. The summed E-state index contributed by atoms with van der Waals surface area (Å²) in [5.41, 5.74) is 3.13. The Morgan fingerprint density at radius 1 is 0.882 bits per heavy atom. The molecule has 0 aromatic heterocycles. The number of hydrogen-bond acceptors (Lipinski definition) is 3. The number of phenolic OH excluding ortho intramolecular Hbond substituents is 2. The molecular weight excluding hydrogens is 215 g/mol. The molecule has 3 rings (SSSR count). The normalized spacial score (nSPS) is 12.4. The van der Waals surface area contributed by atoms with Crippen LogP contribution in [0.25, 0.3) is 11.1 Å². The smallest absolute Gasteiger partial charge is 0.362 e. The van der Waals surface area contributed by atoms with Gasteiger partial charge in [-0.2, -0.15) is 0 Å². The summed E-state index contributed by atoms with van der Waals surface area (Å²) in [6.45, 7) is -0.223. The fraction of sp³-hybridized carbons (Fsp3) is 0.0769. The molecule has 2 aromatic rings. The van der Waals surface area contributed by atoms with Crippen molar-refractivity contribution in [3.8, 4) is 22.6 Å². The quantitative estimate of drug-likeness (QED) is 0.708. The first-order valence-corrected chi connectivity index (χ1v) is 5.41. The summed E-state index contributed by atoms with van der Waals surface area (Å²) in [5, 5.41) is 19.9.